The molecular weight excluding hydrogens is 245 g/mol. The number of hydrogen-bond donors (Lipinski definition) is 2. The first-order chi connectivity index (χ1) is 7.27. The number of sulfonamides is 1. The van der Waals surface area contributed by atoms with Crippen LogP contribution >= 0.6 is 0 Å². The highest BCUT2D eigenvalue weighted by atomic mass is 32.2. The van der Waals surface area contributed by atoms with Gasteiger partial charge in [0.1, 0.15) is 6.54 Å². The molecule has 8 heteroatoms. The van der Waals surface area contributed by atoms with E-state index in [1.54, 1.807) is 0 Å². The van der Waals surface area contributed by atoms with E-state index in [1.165, 1.54) is 4.72 Å². The molecule has 16 heavy (non-hydrogen) atoms. The largest absolute Gasteiger partial charge is 0.402 e. The molecule has 0 aliphatic rings. The second-order valence-corrected chi connectivity index (χ2v) is 5.24. The third-order valence-electron chi connectivity index (χ3n) is 1.76. The highest BCUT2D eigenvalue weighted by molar-refractivity contribution is 7.89. The van der Waals surface area contributed by atoms with Crippen LogP contribution in [0.1, 0.15) is 19.8 Å². The van der Waals surface area contributed by atoms with Crippen molar-refractivity contribution in [3.8, 4) is 0 Å². The van der Waals surface area contributed by atoms with Crippen LogP contribution in [0, 0.1) is 0 Å². The predicted octanol–water partition coefficient (Wildman–Crippen LogP) is 0.858. The van der Waals surface area contributed by atoms with Crippen LogP contribution in [0.2, 0.25) is 0 Å². The molecule has 98 valence electrons. The highest BCUT2D eigenvalue weighted by Gasteiger charge is 2.29. The zero-order chi connectivity index (χ0) is 12.7. The van der Waals surface area contributed by atoms with Gasteiger partial charge in [0.2, 0.25) is 10.0 Å². The van der Waals surface area contributed by atoms with Gasteiger partial charge in [-0.1, -0.05) is 6.92 Å². The van der Waals surface area contributed by atoms with E-state index < -0.39 is 22.7 Å². The van der Waals surface area contributed by atoms with Crippen molar-refractivity contribution >= 4 is 10.0 Å². The molecule has 0 atom stereocenters. The molecule has 0 aromatic rings. The van der Waals surface area contributed by atoms with Gasteiger partial charge in [-0.2, -0.15) is 13.2 Å². The first-order valence-electron chi connectivity index (χ1n) is 5.01. The Morgan fingerprint density at radius 2 is 1.81 bits per heavy atom. The van der Waals surface area contributed by atoms with Crippen LogP contribution in [-0.2, 0) is 10.0 Å². The van der Waals surface area contributed by atoms with Crippen LogP contribution in [-0.4, -0.2) is 40.0 Å². The molecule has 0 aromatic heterocycles. The Morgan fingerprint density at radius 1 is 1.19 bits per heavy atom. The molecule has 0 fully saturated rings. The van der Waals surface area contributed by atoms with Gasteiger partial charge >= 0.3 is 6.18 Å². The summed E-state index contributed by atoms with van der Waals surface area (Å²) in [7, 11) is -3.80. The number of hydrogen-bond acceptors (Lipinski definition) is 3. The normalized spacial score (nSPS) is 13.0. The third kappa shape index (κ3) is 10.2. The lowest BCUT2D eigenvalue weighted by molar-refractivity contribution is -0.121. The van der Waals surface area contributed by atoms with E-state index in [1.807, 2.05) is 6.92 Å². The molecular formula is C8H17F3N2O2S. The Kier molecular flexibility index (Phi) is 6.93. The highest BCUT2D eigenvalue weighted by Crippen LogP contribution is 2.12. The minimum Gasteiger partial charge on any atom is -0.317 e. The zero-order valence-corrected chi connectivity index (χ0v) is 9.92. The standard InChI is InChI=1S/C8H17F3N2O2S/c1-2-12-5-3-4-6-16(14,15)13-7-8(9,10)11/h12-13H,2-7H2,1H3. The second-order valence-electron chi connectivity index (χ2n) is 3.32. The van der Waals surface area contributed by atoms with E-state index >= 15 is 0 Å². The van der Waals surface area contributed by atoms with Crippen molar-refractivity contribution in [3.05, 3.63) is 0 Å². The van der Waals surface area contributed by atoms with Crippen LogP contribution < -0.4 is 10.0 Å². The molecule has 0 heterocycles. The van der Waals surface area contributed by atoms with Gasteiger partial charge in [0.25, 0.3) is 0 Å². The fourth-order valence-electron chi connectivity index (χ4n) is 0.983. The van der Waals surface area contributed by atoms with Crippen molar-refractivity contribution < 1.29 is 21.6 Å². The SMILES string of the molecule is CCNCCCCS(=O)(=O)NCC(F)(F)F. The number of alkyl halides is 3. The minimum absolute atomic E-state index is 0.269. The van der Waals surface area contributed by atoms with E-state index in [9.17, 15) is 21.6 Å². The van der Waals surface area contributed by atoms with Gasteiger partial charge in [-0.3, -0.25) is 0 Å². The van der Waals surface area contributed by atoms with Crippen molar-refractivity contribution in [3.63, 3.8) is 0 Å². The molecule has 2 N–H and O–H groups in total. The van der Waals surface area contributed by atoms with Crippen molar-refractivity contribution in [1.82, 2.24) is 10.0 Å². The van der Waals surface area contributed by atoms with E-state index in [4.69, 9.17) is 0 Å². The van der Waals surface area contributed by atoms with Gasteiger partial charge in [-0.05, 0) is 25.9 Å². The molecule has 0 spiro atoms. The van der Waals surface area contributed by atoms with Crippen LogP contribution in [0.5, 0.6) is 0 Å². The van der Waals surface area contributed by atoms with Gasteiger partial charge in [0.15, 0.2) is 0 Å². The number of unbranched alkanes of at least 4 members (excludes halogenated alkanes) is 1. The summed E-state index contributed by atoms with van der Waals surface area (Å²) in [6.07, 6.45) is -3.53. The molecule has 0 rings (SSSR count). The second kappa shape index (κ2) is 7.08. The van der Waals surface area contributed by atoms with Crippen LogP contribution in [0.3, 0.4) is 0 Å². The average Bonchev–Trinajstić information content (AvgIpc) is 2.14. The quantitative estimate of drug-likeness (QED) is 0.638. The lowest BCUT2D eigenvalue weighted by Crippen LogP contribution is -2.35. The van der Waals surface area contributed by atoms with Crippen molar-refractivity contribution in [2.75, 3.05) is 25.4 Å². The summed E-state index contributed by atoms with van der Waals surface area (Å²) in [5, 5.41) is 3.00. The summed E-state index contributed by atoms with van der Waals surface area (Å²) in [5.41, 5.74) is 0. The summed E-state index contributed by atoms with van der Waals surface area (Å²) < 4.78 is 58.9. The Morgan fingerprint density at radius 3 is 2.31 bits per heavy atom. The van der Waals surface area contributed by atoms with Crippen LogP contribution in [0.15, 0.2) is 0 Å². The van der Waals surface area contributed by atoms with Gasteiger partial charge in [0, 0.05) is 0 Å². The minimum atomic E-state index is -4.50. The molecule has 0 aliphatic heterocycles. The molecule has 0 unspecified atom stereocenters. The first-order valence-corrected chi connectivity index (χ1v) is 6.67. The Bertz CT molecular complexity index is 277. The summed E-state index contributed by atoms with van der Waals surface area (Å²) >= 11 is 0. The predicted molar refractivity (Wildman–Crippen MR) is 55.6 cm³/mol. The number of halogens is 3. The van der Waals surface area contributed by atoms with Gasteiger partial charge < -0.3 is 5.32 Å². The zero-order valence-electron chi connectivity index (χ0n) is 9.10. The smallest absolute Gasteiger partial charge is 0.317 e. The Hall–Kier alpha value is -0.340. The summed E-state index contributed by atoms with van der Waals surface area (Å²) in [4.78, 5) is 0. The summed E-state index contributed by atoms with van der Waals surface area (Å²) in [5.74, 6) is -0.269. The van der Waals surface area contributed by atoms with Crippen LogP contribution in [0.25, 0.3) is 0 Å². The lowest BCUT2D eigenvalue weighted by atomic mass is 10.3. The van der Waals surface area contributed by atoms with E-state index in [0.717, 1.165) is 6.54 Å². The Labute approximate surface area is 93.7 Å². The van der Waals surface area contributed by atoms with Gasteiger partial charge in [-0.25, -0.2) is 13.1 Å². The molecule has 0 saturated heterocycles. The lowest BCUT2D eigenvalue weighted by Gasteiger charge is -2.09. The number of nitrogens with one attached hydrogen (secondary N) is 2. The fraction of sp³-hybridized carbons (Fsp3) is 1.00. The molecule has 4 nitrogen and oxygen atoms in total. The average molecular weight is 262 g/mol. The molecule has 0 bridgehead atoms. The van der Waals surface area contributed by atoms with Crippen molar-refractivity contribution in [2.24, 2.45) is 0 Å². The van der Waals surface area contributed by atoms with E-state index in [2.05, 4.69) is 5.32 Å². The van der Waals surface area contributed by atoms with E-state index in [0.29, 0.717) is 19.4 Å². The Balaban J connectivity index is 3.71. The number of rotatable bonds is 8. The van der Waals surface area contributed by atoms with Gasteiger partial charge in [-0.15, -0.1) is 0 Å². The molecule has 0 radical (unpaired) electrons. The van der Waals surface area contributed by atoms with Gasteiger partial charge in [0.05, 0.1) is 5.75 Å². The topological polar surface area (TPSA) is 58.2 Å². The van der Waals surface area contributed by atoms with E-state index in [-0.39, 0.29) is 5.75 Å². The monoisotopic (exact) mass is 262 g/mol. The maximum Gasteiger partial charge on any atom is 0.402 e. The third-order valence-corrected chi connectivity index (χ3v) is 3.17. The fourth-order valence-corrected chi connectivity index (χ4v) is 2.09. The van der Waals surface area contributed by atoms with Crippen molar-refractivity contribution in [1.29, 1.82) is 0 Å². The molecule has 0 aliphatic carbocycles. The van der Waals surface area contributed by atoms with Crippen LogP contribution in [0.4, 0.5) is 13.2 Å². The summed E-state index contributed by atoms with van der Waals surface area (Å²) in [6, 6.07) is 0. The summed E-state index contributed by atoms with van der Waals surface area (Å²) in [6.45, 7) is 1.88. The maximum atomic E-state index is 11.7. The molecule has 0 saturated carbocycles. The molecule has 0 amide bonds. The first kappa shape index (κ1) is 15.7. The van der Waals surface area contributed by atoms with Crippen molar-refractivity contribution in [2.45, 2.75) is 25.9 Å². The maximum absolute atomic E-state index is 11.7. The molecule has 0 aromatic carbocycles.